The molecule has 0 radical (unpaired) electrons. The Bertz CT molecular complexity index is 578. The van der Waals surface area contributed by atoms with Crippen LogP contribution in [0.25, 0.3) is 0 Å². The average Bonchev–Trinajstić information content (AvgIpc) is 2.86. The number of rotatable bonds is 3. The van der Waals surface area contributed by atoms with Crippen molar-refractivity contribution in [1.29, 1.82) is 0 Å². The van der Waals surface area contributed by atoms with Gasteiger partial charge in [0, 0.05) is 26.6 Å². The maximum Gasteiger partial charge on any atom is 0.317 e. The average molecular weight is 334 g/mol. The number of benzene rings is 1. The Morgan fingerprint density at radius 1 is 1.29 bits per heavy atom. The highest BCUT2D eigenvalue weighted by Crippen LogP contribution is 2.32. The maximum absolute atomic E-state index is 12.5. The molecule has 1 N–H and O–H groups in total. The molecule has 0 saturated carbocycles. The van der Waals surface area contributed by atoms with Gasteiger partial charge >= 0.3 is 6.03 Å². The third-order valence-electron chi connectivity index (χ3n) is 4.61. The summed E-state index contributed by atoms with van der Waals surface area (Å²) in [4.78, 5) is 14.3. The SMILES string of the molecule is CO[C@H]1CCCN(C(=O)N[C@H](C)c2ccc3c(c2)OCCCO3)C1. The number of likely N-dealkylation sites (tertiary alicyclic amines) is 1. The Labute approximate surface area is 143 Å². The molecule has 1 aromatic carbocycles. The van der Waals surface area contributed by atoms with Crippen LogP contribution in [0.3, 0.4) is 0 Å². The lowest BCUT2D eigenvalue weighted by molar-refractivity contribution is 0.0431. The van der Waals surface area contributed by atoms with E-state index in [-0.39, 0.29) is 18.2 Å². The molecule has 2 atom stereocenters. The number of carbonyl (C=O) groups is 1. The number of methoxy groups -OCH3 is 1. The van der Waals surface area contributed by atoms with Gasteiger partial charge in [0.15, 0.2) is 11.5 Å². The fourth-order valence-corrected chi connectivity index (χ4v) is 3.12. The van der Waals surface area contributed by atoms with Crippen molar-refractivity contribution in [2.24, 2.45) is 0 Å². The highest BCUT2D eigenvalue weighted by atomic mass is 16.5. The smallest absolute Gasteiger partial charge is 0.317 e. The molecule has 1 saturated heterocycles. The van der Waals surface area contributed by atoms with Crippen molar-refractivity contribution in [3.8, 4) is 11.5 Å². The lowest BCUT2D eigenvalue weighted by atomic mass is 10.1. The van der Waals surface area contributed by atoms with E-state index in [2.05, 4.69) is 5.32 Å². The first-order valence-corrected chi connectivity index (χ1v) is 8.65. The van der Waals surface area contributed by atoms with E-state index in [9.17, 15) is 4.79 Å². The second-order valence-electron chi connectivity index (χ2n) is 6.37. The summed E-state index contributed by atoms with van der Waals surface area (Å²) in [6.45, 7) is 4.74. The van der Waals surface area contributed by atoms with Crippen LogP contribution in [0.1, 0.15) is 37.8 Å². The molecule has 132 valence electrons. The summed E-state index contributed by atoms with van der Waals surface area (Å²) in [5.41, 5.74) is 1.01. The Morgan fingerprint density at radius 2 is 2.08 bits per heavy atom. The van der Waals surface area contributed by atoms with E-state index < -0.39 is 0 Å². The van der Waals surface area contributed by atoms with Crippen LogP contribution in [0.2, 0.25) is 0 Å². The largest absolute Gasteiger partial charge is 0.490 e. The van der Waals surface area contributed by atoms with Crippen molar-refractivity contribution >= 4 is 6.03 Å². The second kappa shape index (κ2) is 7.75. The molecule has 2 heterocycles. The normalized spacial score (nSPS) is 21.8. The van der Waals surface area contributed by atoms with Crippen molar-refractivity contribution in [1.82, 2.24) is 10.2 Å². The number of amides is 2. The van der Waals surface area contributed by atoms with E-state index in [4.69, 9.17) is 14.2 Å². The molecular formula is C18H26N2O4. The summed E-state index contributed by atoms with van der Waals surface area (Å²) in [6, 6.07) is 5.71. The molecule has 6 nitrogen and oxygen atoms in total. The Hall–Kier alpha value is -1.95. The van der Waals surface area contributed by atoms with E-state index in [1.54, 1.807) is 7.11 Å². The molecule has 0 aliphatic carbocycles. The predicted molar refractivity (Wildman–Crippen MR) is 90.6 cm³/mol. The van der Waals surface area contributed by atoms with Crippen LogP contribution in [0, 0.1) is 0 Å². The van der Waals surface area contributed by atoms with Crippen LogP contribution in [-0.4, -0.2) is 50.4 Å². The Morgan fingerprint density at radius 3 is 2.88 bits per heavy atom. The molecule has 2 aliphatic heterocycles. The van der Waals surface area contributed by atoms with Crippen LogP contribution in [0.5, 0.6) is 11.5 Å². The van der Waals surface area contributed by atoms with Crippen LogP contribution in [0.4, 0.5) is 4.79 Å². The minimum Gasteiger partial charge on any atom is -0.490 e. The van der Waals surface area contributed by atoms with Gasteiger partial charge in [-0.15, -0.1) is 0 Å². The van der Waals surface area contributed by atoms with Crippen molar-refractivity contribution in [3.63, 3.8) is 0 Å². The van der Waals surface area contributed by atoms with E-state index >= 15 is 0 Å². The van der Waals surface area contributed by atoms with Crippen molar-refractivity contribution in [2.75, 3.05) is 33.4 Å². The highest BCUT2D eigenvalue weighted by molar-refractivity contribution is 5.75. The first-order chi connectivity index (χ1) is 11.7. The zero-order chi connectivity index (χ0) is 16.9. The zero-order valence-electron chi connectivity index (χ0n) is 14.4. The van der Waals surface area contributed by atoms with Crippen molar-refractivity contribution in [2.45, 2.75) is 38.3 Å². The monoisotopic (exact) mass is 334 g/mol. The minimum atomic E-state index is -0.0995. The molecule has 2 amide bonds. The van der Waals surface area contributed by atoms with Crippen LogP contribution in [0.15, 0.2) is 18.2 Å². The van der Waals surface area contributed by atoms with Gasteiger partial charge in [0.2, 0.25) is 0 Å². The van der Waals surface area contributed by atoms with Gasteiger partial charge in [0.05, 0.1) is 25.4 Å². The fraction of sp³-hybridized carbons (Fsp3) is 0.611. The van der Waals surface area contributed by atoms with Crippen LogP contribution >= 0.6 is 0 Å². The summed E-state index contributed by atoms with van der Waals surface area (Å²) in [5, 5.41) is 3.07. The molecule has 0 unspecified atom stereocenters. The predicted octanol–water partition coefficient (Wildman–Crippen LogP) is 2.73. The third-order valence-corrected chi connectivity index (χ3v) is 4.61. The van der Waals surface area contributed by atoms with Gasteiger partial charge in [-0.2, -0.15) is 0 Å². The number of hydrogen-bond acceptors (Lipinski definition) is 4. The van der Waals surface area contributed by atoms with Gasteiger partial charge < -0.3 is 24.4 Å². The number of fused-ring (bicyclic) bond motifs is 1. The molecule has 1 fully saturated rings. The summed E-state index contributed by atoms with van der Waals surface area (Å²) < 4.78 is 16.8. The number of nitrogens with zero attached hydrogens (tertiary/aromatic N) is 1. The minimum absolute atomic E-state index is 0.0450. The number of piperidine rings is 1. The van der Waals surface area contributed by atoms with Gasteiger partial charge in [-0.05, 0) is 37.5 Å². The molecular weight excluding hydrogens is 308 g/mol. The molecule has 0 spiro atoms. The highest BCUT2D eigenvalue weighted by Gasteiger charge is 2.24. The molecule has 24 heavy (non-hydrogen) atoms. The Balaban J connectivity index is 1.63. The standard InChI is InChI=1S/C18H26N2O4/c1-13(19-18(21)20-8-3-5-15(12-20)22-2)14-6-7-16-17(11-14)24-10-4-9-23-16/h6-7,11,13,15H,3-5,8-10,12H2,1-2H3,(H,19,21)/t13-,15+/m1/s1. The zero-order valence-corrected chi connectivity index (χ0v) is 14.4. The van der Waals surface area contributed by atoms with Gasteiger partial charge in [-0.1, -0.05) is 6.07 Å². The van der Waals surface area contributed by atoms with E-state index in [0.29, 0.717) is 19.8 Å². The molecule has 0 aromatic heterocycles. The first kappa shape index (κ1) is 16.9. The summed E-state index contributed by atoms with van der Waals surface area (Å²) in [7, 11) is 1.70. The van der Waals surface area contributed by atoms with Crippen molar-refractivity contribution in [3.05, 3.63) is 23.8 Å². The summed E-state index contributed by atoms with van der Waals surface area (Å²) >= 11 is 0. The number of hydrogen-bond donors (Lipinski definition) is 1. The maximum atomic E-state index is 12.5. The van der Waals surface area contributed by atoms with Gasteiger partial charge in [-0.3, -0.25) is 0 Å². The number of urea groups is 1. The Kier molecular flexibility index (Phi) is 5.45. The van der Waals surface area contributed by atoms with Crippen LogP contribution in [-0.2, 0) is 4.74 Å². The van der Waals surface area contributed by atoms with Gasteiger partial charge in [0.25, 0.3) is 0 Å². The first-order valence-electron chi connectivity index (χ1n) is 8.65. The fourth-order valence-electron chi connectivity index (χ4n) is 3.12. The van der Waals surface area contributed by atoms with E-state index in [0.717, 1.165) is 42.9 Å². The van der Waals surface area contributed by atoms with Crippen LogP contribution < -0.4 is 14.8 Å². The van der Waals surface area contributed by atoms with E-state index in [1.165, 1.54) is 0 Å². The number of ether oxygens (including phenoxy) is 3. The second-order valence-corrected chi connectivity index (χ2v) is 6.37. The van der Waals surface area contributed by atoms with Gasteiger partial charge in [-0.25, -0.2) is 4.79 Å². The molecule has 1 aromatic rings. The number of nitrogens with one attached hydrogen (secondary N) is 1. The molecule has 6 heteroatoms. The third kappa shape index (κ3) is 3.93. The van der Waals surface area contributed by atoms with E-state index in [1.807, 2.05) is 30.0 Å². The lowest BCUT2D eigenvalue weighted by Gasteiger charge is -2.32. The quantitative estimate of drug-likeness (QED) is 0.923. The molecule has 0 bridgehead atoms. The topological polar surface area (TPSA) is 60.0 Å². The van der Waals surface area contributed by atoms with Crippen molar-refractivity contribution < 1.29 is 19.0 Å². The molecule has 3 rings (SSSR count). The number of carbonyl (C=O) groups excluding carboxylic acids is 1. The summed E-state index contributed by atoms with van der Waals surface area (Å²) in [6.07, 6.45) is 3.01. The van der Waals surface area contributed by atoms with Gasteiger partial charge in [0.1, 0.15) is 0 Å². The summed E-state index contributed by atoms with van der Waals surface area (Å²) in [5.74, 6) is 1.53. The molecule has 2 aliphatic rings. The lowest BCUT2D eigenvalue weighted by Crippen LogP contribution is -2.48.